The van der Waals surface area contributed by atoms with E-state index in [2.05, 4.69) is 27.9 Å². The number of fused-ring (bicyclic) bond motifs is 1. The summed E-state index contributed by atoms with van der Waals surface area (Å²) in [7, 11) is 3.55. The fourth-order valence-corrected chi connectivity index (χ4v) is 3.25. The van der Waals surface area contributed by atoms with Gasteiger partial charge in [0.2, 0.25) is 0 Å². The van der Waals surface area contributed by atoms with Crippen molar-refractivity contribution in [3.8, 4) is 5.75 Å². The lowest BCUT2D eigenvalue weighted by molar-refractivity contribution is 0.239. The van der Waals surface area contributed by atoms with Crippen molar-refractivity contribution in [1.29, 1.82) is 0 Å². The second-order valence-electron chi connectivity index (χ2n) is 6.16. The number of rotatable bonds is 5. The van der Waals surface area contributed by atoms with E-state index in [1.54, 1.807) is 18.0 Å². The highest BCUT2D eigenvalue weighted by Crippen LogP contribution is 2.33. The highest BCUT2D eigenvalue weighted by molar-refractivity contribution is 5.73. The number of ether oxygens (including phenoxy) is 1. The van der Waals surface area contributed by atoms with Gasteiger partial charge in [0.05, 0.1) is 19.3 Å². The summed E-state index contributed by atoms with van der Waals surface area (Å²) in [5.41, 5.74) is 3.64. The molecule has 0 fully saturated rings. The fraction of sp³-hybridized carbons (Fsp3) is 0.444. The largest absolute Gasteiger partial charge is 0.497 e. The van der Waals surface area contributed by atoms with Gasteiger partial charge in [0.1, 0.15) is 5.75 Å². The summed E-state index contributed by atoms with van der Waals surface area (Å²) in [6.45, 7) is 1.12. The summed E-state index contributed by atoms with van der Waals surface area (Å²) < 4.78 is 7.06. The average Bonchev–Trinajstić information content (AvgIpc) is 3.02. The highest BCUT2D eigenvalue weighted by Gasteiger charge is 2.21. The maximum absolute atomic E-state index is 12.0. The molecule has 2 amide bonds. The van der Waals surface area contributed by atoms with Crippen LogP contribution in [0.5, 0.6) is 5.75 Å². The molecule has 2 N–H and O–H groups in total. The molecule has 0 spiro atoms. The Balaban J connectivity index is 1.54. The number of carbonyl (C=O) groups excluding carboxylic acids is 1. The number of methoxy groups -OCH3 is 1. The maximum atomic E-state index is 12.0. The summed E-state index contributed by atoms with van der Waals surface area (Å²) >= 11 is 0. The Morgan fingerprint density at radius 2 is 2.25 bits per heavy atom. The molecule has 0 radical (unpaired) electrons. The molecule has 1 aliphatic rings. The molecule has 1 heterocycles. The fourth-order valence-electron chi connectivity index (χ4n) is 3.25. The van der Waals surface area contributed by atoms with Crippen LogP contribution < -0.4 is 15.4 Å². The summed E-state index contributed by atoms with van der Waals surface area (Å²) in [5, 5.41) is 9.96. The van der Waals surface area contributed by atoms with E-state index in [4.69, 9.17) is 4.74 Å². The molecule has 0 saturated heterocycles. The van der Waals surface area contributed by atoms with Crippen molar-refractivity contribution >= 4 is 6.03 Å². The zero-order chi connectivity index (χ0) is 16.9. The third-order valence-electron chi connectivity index (χ3n) is 4.65. The predicted molar refractivity (Wildman–Crippen MR) is 92.1 cm³/mol. The van der Waals surface area contributed by atoms with Crippen LogP contribution in [0.4, 0.5) is 4.79 Å². The van der Waals surface area contributed by atoms with Gasteiger partial charge >= 0.3 is 6.03 Å². The molecular weight excluding hydrogens is 304 g/mol. The Labute approximate surface area is 142 Å². The zero-order valence-electron chi connectivity index (χ0n) is 14.2. The van der Waals surface area contributed by atoms with Gasteiger partial charge in [-0.1, -0.05) is 6.07 Å². The Kier molecular flexibility index (Phi) is 5.03. The number of aryl methyl sites for hydroxylation is 2. The van der Waals surface area contributed by atoms with Crippen LogP contribution in [0.3, 0.4) is 0 Å². The van der Waals surface area contributed by atoms with Gasteiger partial charge in [0.15, 0.2) is 0 Å². The number of urea groups is 1. The summed E-state index contributed by atoms with van der Waals surface area (Å²) in [6.07, 6.45) is 5.04. The van der Waals surface area contributed by atoms with Crippen molar-refractivity contribution in [1.82, 2.24) is 20.4 Å². The number of hydrogen-bond acceptors (Lipinski definition) is 3. The van der Waals surface area contributed by atoms with E-state index < -0.39 is 0 Å². The van der Waals surface area contributed by atoms with E-state index >= 15 is 0 Å². The third kappa shape index (κ3) is 3.69. The van der Waals surface area contributed by atoms with Gasteiger partial charge in [0, 0.05) is 25.7 Å². The van der Waals surface area contributed by atoms with E-state index in [0.717, 1.165) is 30.7 Å². The van der Waals surface area contributed by atoms with Crippen molar-refractivity contribution in [3.05, 3.63) is 47.3 Å². The van der Waals surface area contributed by atoms with Crippen LogP contribution in [0.1, 0.15) is 35.6 Å². The van der Waals surface area contributed by atoms with Crippen molar-refractivity contribution in [3.63, 3.8) is 0 Å². The predicted octanol–water partition coefficient (Wildman–Crippen LogP) is 2.35. The Morgan fingerprint density at radius 3 is 3.00 bits per heavy atom. The van der Waals surface area contributed by atoms with Gasteiger partial charge in [0.25, 0.3) is 0 Å². The van der Waals surface area contributed by atoms with Crippen LogP contribution >= 0.6 is 0 Å². The van der Waals surface area contributed by atoms with Gasteiger partial charge in [-0.05, 0) is 48.6 Å². The first-order chi connectivity index (χ1) is 11.7. The van der Waals surface area contributed by atoms with Crippen molar-refractivity contribution in [2.75, 3.05) is 13.7 Å². The van der Waals surface area contributed by atoms with Gasteiger partial charge in [-0.25, -0.2) is 4.79 Å². The van der Waals surface area contributed by atoms with E-state index in [0.29, 0.717) is 19.0 Å². The van der Waals surface area contributed by atoms with Crippen LogP contribution in [0.25, 0.3) is 0 Å². The van der Waals surface area contributed by atoms with E-state index in [-0.39, 0.29) is 6.03 Å². The summed E-state index contributed by atoms with van der Waals surface area (Å²) in [4.78, 5) is 12.0. The molecule has 128 valence electrons. The topological polar surface area (TPSA) is 68.2 Å². The number of nitrogens with one attached hydrogen (secondary N) is 2. The first kappa shape index (κ1) is 16.4. The van der Waals surface area contributed by atoms with Crippen molar-refractivity contribution in [2.45, 2.75) is 31.7 Å². The second-order valence-corrected chi connectivity index (χ2v) is 6.16. The number of hydrogen-bond donors (Lipinski definition) is 2. The van der Waals surface area contributed by atoms with E-state index in [9.17, 15) is 4.79 Å². The monoisotopic (exact) mass is 328 g/mol. The van der Waals surface area contributed by atoms with E-state index in [1.807, 2.05) is 19.2 Å². The molecule has 6 nitrogen and oxygen atoms in total. The number of nitrogens with zero attached hydrogens (tertiary/aromatic N) is 2. The normalized spacial score (nSPS) is 16.3. The van der Waals surface area contributed by atoms with Gasteiger partial charge in [-0.15, -0.1) is 0 Å². The van der Waals surface area contributed by atoms with Crippen LogP contribution in [0.15, 0.2) is 30.5 Å². The van der Waals surface area contributed by atoms with Gasteiger partial charge < -0.3 is 15.4 Å². The lowest BCUT2D eigenvalue weighted by Crippen LogP contribution is -2.38. The molecule has 1 aromatic heterocycles. The number of benzene rings is 1. The Bertz CT molecular complexity index is 711. The van der Waals surface area contributed by atoms with Crippen molar-refractivity contribution in [2.24, 2.45) is 7.05 Å². The molecule has 2 aromatic rings. The minimum absolute atomic E-state index is 0.142. The molecular formula is C18H24N4O2. The maximum Gasteiger partial charge on any atom is 0.315 e. The number of carbonyl (C=O) groups is 1. The molecule has 0 bridgehead atoms. The second kappa shape index (κ2) is 7.38. The quantitative estimate of drug-likeness (QED) is 0.885. The molecule has 1 aliphatic carbocycles. The molecule has 24 heavy (non-hydrogen) atoms. The smallest absolute Gasteiger partial charge is 0.315 e. The lowest BCUT2D eigenvalue weighted by Gasteiger charge is -2.26. The molecule has 1 unspecified atom stereocenters. The molecule has 6 heteroatoms. The van der Waals surface area contributed by atoms with E-state index in [1.165, 1.54) is 11.1 Å². The third-order valence-corrected chi connectivity index (χ3v) is 4.65. The molecule has 1 atom stereocenters. The lowest BCUT2D eigenvalue weighted by atomic mass is 9.82. The minimum atomic E-state index is -0.142. The molecule has 1 aromatic carbocycles. The van der Waals surface area contributed by atoms with Crippen LogP contribution in [0, 0.1) is 0 Å². The van der Waals surface area contributed by atoms with Gasteiger partial charge in [-0.2, -0.15) is 5.10 Å². The van der Waals surface area contributed by atoms with Crippen LogP contribution in [-0.2, 0) is 20.0 Å². The first-order valence-corrected chi connectivity index (χ1v) is 8.32. The SMILES string of the molecule is COc1ccc2c(c1)CCCC2CNC(=O)NCc1ccnn1C. The molecule has 3 rings (SSSR count). The van der Waals surface area contributed by atoms with Crippen molar-refractivity contribution < 1.29 is 9.53 Å². The summed E-state index contributed by atoms with van der Waals surface area (Å²) in [5.74, 6) is 1.26. The standard InChI is InChI=1S/C18H24N4O2/c1-22-15(8-9-21-22)12-20-18(23)19-11-14-5-3-4-13-10-16(24-2)6-7-17(13)14/h6-10,14H,3-5,11-12H2,1-2H3,(H2,19,20,23). The number of aromatic nitrogens is 2. The van der Waals surface area contributed by atoms with Crippen LogP contribution in [-0.4, -0.2) is 29.5 Å². The Hall–Kier alpha value is -2.50. The highest BCUT2D eigenvalue weighted by atomic mass is 16.5. The van der Waals surface area contributed by atoms with Gasteiger partial charge in [-0.3, -0.25) is 4.68 Å². The molecule has 0 aliphatic heterocycles. The minimum Gasteiger partial charge on any atom is -0.497 e. The Morgan fingerprint density at radius 1 is 1.38 bits per heavy atom. The van der Waals surface area contributed by atoms with Crippen LogP contribution in [0.2, 0.25) is 0 Å². The number of amides is 2. The molecule has 0 saturated carbocycles. The average molecular weight is 328 g/mol. The summed E-state index contributed by atoms with van der Waals surface area (Å²) in [6, 6.07) is 8.00. The zero-order valence-corrected chi connectivity index (χ0v) is 14.2. The first-order valence-electron chi connectivity index (χ1n) is 8.32.